The van der Waals surface area contributed by atoms with Gasteiger partial charge in [-0.25, -0.2) is 0 Å². The number of rotatable bonds is 5. The van der Waals surface area contributed by atoms with Crippen LogP contribution in [-0.2, 0) is 0 Å². The van der Waals surface area contributed by atoms with Crippen LogP contribution in [0.5, 0.6) is 11.5 Å². The third-order valence-electron chi connectivity index (χ3n) is 3.17. The van der Waals surface area contributed by atoms with Crippen molar-refractivity contribution >= 4 is 5.91 Å². The minimum atomic E-state index is -0.184. The Hall–Kier alpha value is -2.56. The van der Waals surface area contributed by atoms with Crippen LogP contribution < -0.4 is 14.8 Å². The highest BCUT2D eigenvalue weighted by molar-refractivity contribution is 5.95. The molecule has 0 aliphatic rings. The van der Waals surface area contributed by atoms with Crippen molar-refractivity contribution in [1.29, 1.82) is 0 Å². The summed E-state index contributed by atoms with van der Waals surface area (Å²) in [7, 11) is 3.10. The Labute approximate surface area is 123 Å². The van der Waals surface area contributed by atoms with E-state index in [1.54, 1.807) is 44.8 Å². The molecule has 0 saturated heterocycles. The molecule has 0 radical (unpaired) electrons. The predicted octanol–water partition coefficient (Wildman–Crippen LogP) is 2.59. The fraction of sp³-hybridized carbons (Fsp3) is 0.250. The maximum Gasteiger partial charge on any atom is 0.252 e. The fourth-order valence-corrected chi connectivity index (χ4v) is 1.95. The number of hydrogen-bond acceptors (Lipinski definition) is 4. The Balaban J connectivity index is 2.16. The van der Waals surface area contributed by atoms with Crippen molar-refractivity contribution in [3.05, 3.63) is 53.9 Å². The zero-order valence-corrected chi connectivity index (χ0v) is 12.3. The summed E-state index contributed by atoms with van der Waals surface area (Å²) in [6, 6.07) is 8.71. The number of benzene rings is 1. The van der Waals surface area contributed by atoms with Gasteiger partial charge in [-0.15, -0.1) is 0 Å². The van der Waals surface area contributed by atoms with Gasteiger partial charge in [0.15, 0.2) is 0 Å². The molecule has 0 spiro atoms. The number of aromatic nitrogens is 1. The Kier molecular flexibility index (Phi) is 4.77. The first-order valence-electron chi connectivity index (χ1n) is 6.58. The number of methoxy groups -OCH3 is 2. The van der Waals surface area contributed by atoms with E-state index in [1.807, 2.05) is 19.1 Å². The molecule has 0 fully saturated rings. The van der Waals surface area contributed by atoms with Gasteiger partial charge in [0.25, 0.3) is 5.91 Å². The molecule has 1 N–H and O–H groups in total. The minimum absolute atomic E-state index is 0.113. The summed E-state index contributed by atoms with van der Waals surface area (Å²) >= 11 is 0. The lowest BCUT2D eigenvalue weighted by molar-refractivity contribution is 0.0939. The van der Waals surface area contributed by atoms with Gasteiger partial charge in [0.1, 0.15) is 11.5 Å². The van der Waals surface area contributed by atoms with Crippen molar-refractivity contribution in [2.45, 2.75) is 13.0 Å². The van der Waals surface area contributed by atoms with Gasteiger partial charge >= 0.3 is 0 Å². The lowest BCUT2D eigenvalue weighted by Gasteiger charge is -2.15. The van der Waals surface area contributed by atoms with Gasteiger partial charge in [-0.1, -0.05) is 0 Å². The molecule has 1 heterocycles. The van der Waals surface area contributed by atoms with Gasteiger partial charge in [0, 0.05) is 24.0 Å². The number of nitrogens with zero attached hydrogens (tertiary/aromatic N) is 1. The van der Waals surface area contributed by atoms with E-state index >= 15 is 0 Å². The first-order valence-corrected chi connectivity index (χ1v) is 6.58. The molecule has 1 atom stereocenters. The highest BCUT2D eigenvalue weighted by Gasteiger charge is 2.13. The highest BCUT2D eigenvalue weighted by Crippen LogP contribution is 2.23. The van der Waals surface area contributed by atoms with Gasteiger partial charge in [-0.3, -0.25) is 9.78 Å². The monoisotopic (exact) mass is 286 g/mol. The second kappa shape index (κ2) is 6.74. The normalized spacial score (nSPS) is 11.6. The van der Waals surface area contributed by atoms with Crippen LogP contribution in [0.4, 0.5) is 0 Å². The number of hydrogen-bond donors (Lipinski definition) is 1. The third-order valence-corrected chi connectivity index (χ3v) is 3.17. The van der Waals surface area contributed by atoms with E-state index in [0.717, 1.165) is 5.56 Å². The van der Waals surface area contributed by atoms with Gasteiger partial charge in [-0.2, -0.15) is 0 Å². The van der Waals surface area contributed by atoms with E-state index in [9.17, 15) is 4.79 Å². The number of ether oxygens (including phenoxy) is 2. The summed E-state index contributed by atoms with van der Waals surface area (Å²) in [6.45, 7) is 1.92. The van der Waals surface area contributed by atoms with Crippen molar-refractivity contribution in [3.63, 3.8) is 0 Å². The molecule has 1 amide bonds. The Morgan fingerprint density at radius 1 is 1.10 bits per heavy atom. The average molecular weight is 286 g/mol. The summed E-state index contributed by atoms with van der Waals surface area (Å²) in [5, 5.41) is 2.94. The summed E-state index contributed by atoms with van der Waals surface area (Å²) in [6.07, 6.45) is 3.40. The van der Waals surface area contributed by atoms with Crippen LogP contribution in [0.15, 0.2) is 42.7 Å². The predicted molar refractivity (Wildman–Crippen MR) is 79.7 cm³/mol. The molecule has 1 unspecified atom stereocenters. The topological polar surface area (TPSA) is 60.5 Å². The van der Waals surface area contributed by atoms with Crippen LogP contribution in [0.1, 0.15) is 28.9 Å². The number of carbonyl (C=O) groups is 1. The van der Waals surface area contributed by atoms with Gasteiger partial charge in [0.05, 0.1) is 20.3 Å². The smallest absolute Gasteiger partial charge is 0.252 e. The summed E-state index contributed by atoms with van der Waals surface area (Å²) in [4.78, 5) is 16.3. The average Bonchev–Trinajstić information content (AvgIpc) is 2.54. The molecule has 2 rings (SSSR count). The first kappa shape index (κ1) is 14.8. The summed E-state index contributed by atoms with van der Waals surface area (Å²) < 4.78 is 10.3. The van der Waals surface area contributed by atoms with Crippen LogP contribution in [0, 0.1) is 0 Å². The molecule has 0 aliphatic carbocycles. The van der Waals surface area contributed by atoms with E-state index in [2.05, 4.69) is 10.3 Å². The zero-order valence-electron chi connectivity index (χ0n) is 12.3. The zero-order chi connectivity index (χ0) is 15.2. The number of pyridine rings is 1. The Bertz CT molecular complexity index is 592. The molecule has 5 nitrogen and oxygen atoms in total. The molecule has 1 aromatic heterocycles. The Morgan fingerprint density at radius 3 is 2.19 bits per heavy atom. The molecule has 0 saturated carbocycles. The minimum Gasteiger partial charge on any atom is -0.497 e. The summed E-state index contributed by atoms with van der Waals surface area (Å²) in [5.41, 5.74) is 1.49. The number of carbonyl (C=O) groups excluding carboxylic acids is 1. The lowest BCUT2D eigenvalue weighted by atomic mass is 10.1. The maximum absolute atomic E-state index is 12.3. The summed E-state index contributed by atoms with van der Waals surface area (Å²) in [5.74, 6) is 0.976. The van der Waals surface area contributed by atoms with E-state index in [0.29, 0.717) is 17.1 Å². The van der Waals surface area contributed by atoms with Crippen LogP contribution in [-0.4, -0.2) is 25.1 Å². The van der Waals surface area contributed by atoms with Crippen molar-refractivity contribution in [2.75, 3.05) is 14.2 Å². The highest BCUT2D eigenvalue weighted by atomic mass is 16.5. The quantitative estimate of drug-likeness (QED) is 0.917. The molecule has 21 heavy (non-hydrogen) atoms. The lowest BCUT2D eigenvalue weighted by Crippen LogP contribution is -2.26. The molecular weight excluding hydrogens is 268 g/mol. The van der Waals surface area contributed by atoms with Gasteiger partial charge < -0.3 is 14.8 Å². The molecular formula is C16H18N2O3. The Morgan fingerprint density at radius 2 is 1.67 bits per heavy atom. The SMILES string of the molecule is COc1cc(OC)cc(C(=O)NC(C)c2ccncc2)c1. The van der Waals surface area contributed by atoms with E-state index < -0.39 is 0 Å². The molecule has 110 valence electrons. The molecule has 2 aromatic rings. The van der Waals surface area contributed by atoms with Crippen molar-refractivity contribution in [1.82, 2.24) is 10.3 Å². The van der Waals surface area contributed by atoms with Gasteiger partial charge in [0.2, 0.25) is 0 Å². The van der Waals surface area contributed by atoms with Crippen LogP contribution in [0.25, 0.3) is 0 Å². The van der Waals surface area contributed by atoms with Gasteiger partial charge in [-0.05, 0) is 36.8 Å². The number of amides is 1. The molecule has 5 heteroatoms. The van der Waals surface area contributed by atoms with Crippen LogP contribution >= 0.6 is 0 Å². The van der Waals surface area contributed by atoms with E-state index in [1.165, 1.54) is 0 Å². The maximum atomic E-state index is 12.3. The fourth-order valence-electron chi connectivity index (χ4n) is 1.95. The first-order chi connectivity index (χ1) is 10.1. The van der Waals surface area contributed by atoms with Crippen LogP contribution in [0.2, 0.25) is 0 Å². The van der Waals surface area contributed by atoms with E-state index in [4.69, 9.17) is 9.47 Å². The number of nitrogens with one attached hydrogen (secondary N) is 1. The third kappa shape index (κ3) is 3.72. The second-order valence-corrected chi connectivity index (χ2v) is 4.58. The second-order valence-electron chi connectivity index (χ2n) is 4.58. The van der Waals surface area contributed by atoms with Crippen molar-refractivity contribution < 1.29 is 14.3 Å². The van der Waals surface area contributed by atoms with Crippen LogP contribution in [0.3, 0.4) is 0 Å². The van der Waals surface area contributed by atoms with Crippen molar-refractivity contribution in [2.24, 2.45) is 0 Å². The molecule has 1 aromatic carbocycles. The van der Waals surface area contributed by atoms with E-state index in [-0.39, 0.29) is 11.9 Å². The van der Waals surface area contributed by atoms with Crippen molar-refractivity contribution in [3.8, 4) is 11.5 Å². The standard InChI is InChI=1S/C16H18N2O3/c1-11(12-4-6-17-7-5-12)18-16(19)13-8-14(20-2)10-15(9-13)21-3/h4-11H,1-3H3,(H,18,19). The molecule has 0 bridgehead atoms. The largest absolute Gasteiger partial charge is 0.497 e. The molecule has 0 aliphatic heterocycles.